The van der Waals surface area contributed by atoms with Crippen LogP contribution in [0.2, 0.25) is 0 Å². The number of carbonyl (C=O) groups is 2. The van der Waals surface area contributed by atoms with Crippen LogP contribution in [0.5, 0.6) is 0 Å². The van der Waals surface area contributed by atoms with Crippen molar-refractivity contribution < 1.29 is 18.7 Å². The quantitative estimate of drug-likeness (QED) is 0.816. The molecule has 1 aromatic carbocycles. The van der Waals surface area contributed by atoms with E-state index in [1.165, 1.54) is 0 Å². The van der Waals surface area contributed by atoms with E-state index in [2.05, 4.69) is 0 Å². The molecule has 1 spiro atoms. The van der Waals surface area contributed by atoms with Crippen LogP contribution >= 0.6 is 0 Å². The lowest BCUT2D eigenvalue weighted by molar-refractivity contribution is -0.170. The topological polar surface area (TPSA) is 63.0 Å². The molecule has 148 valence electrons. The first-order chi connectivity index (χ1) is 13.6. The number of benzene rings is 1. The molecule has 1 aromatic heterocycles. The predicted molar refractivity (Wildman–Crippen MR) is 104 cm³/mol. The third-order valence-corrected chi connectivity index (χ3v) is 5.95. The Morgan fingerprint density at radius 1 is 1.14 bits per heavy atom. The summed E-state index contributed by atoms with van der Waals surface area (Å²) >= 11 is 0. The van der Waals surface area contributed by atoms with Gasteiger partial charge in [-0.25, -0.2) is 0 Å². The average molecular weight is 382 g/mol. The fourth-order valence-electron chi connectivity index (χ4n) is 4.22. The van der Waals surface area contributed by atoms with Crippen LogP contribution in [0.15, 0.2) is 53.1 Å². The van der Waals surface area contributed by atoms with Gasteiger partial charge in [0.25, 0.3) is 0 Å². The van der Waals surface area contributed by atoms with Gasteiger partial charge in [-0.3, -0.25) is 9.59 Å². The number of furan rings is 1. The number of likely N-dealkylation sites (N-methyl/N-ethyl adjacent to an activating group) is 1. The van der Waals surface area contributed by atoms with Gasteiger partial charge in [0.15, 0.2) is 0 Å². The highest BCUT2D eigenvalue weighted by molar-refractivity contribution is 5.79. The molecule has 0 saturated carbocycles. The highest BCUT2D eigenvalue weighted by atomic mass is 16.5. The summed E-state index contributed by atoms with van der Waals surface area (Å²) in [6.45, 7) is 2.05. The largest absolute Gasteiger partial charge is 0.469 e. The Kier molecular flexibility index (Phi) is 5.22. The summed E-state index contributed by atoms with van der Waals surface area (Å²) in [7, 11) is 1.82. The lowest BCUT2D eigenvalue weighted by atomic mass is 9.88. The minimum absolute atomic E-state index is 0.0216. The minimum Gasteiger partial charge on any atom is -0.469 e. The monoisotopic (exact) mass is 382 g/mol. The standard InChI is InChI=1S/C22H26N2O4/c1-23-16-22(28-15-21(23)26)9-11-24(12-10-22)20(25)14-18(19-8-5-13-27-19)17-6-3-2-4-7-17/h2-8,13,18H,9-12,14-16H2,1H3/t18-/m1/s1. The smallest absolute Gasteiger partial charge is 0.248 e. The Bertz CT molecular complexity index is 810. The van der Waals surface area contributed by atoms with E-state index in [1.54, 1.807) is 11.2 Å². The van der Waals surface area contributed by atoms with Crippen LogP contribution in [0, 0.1) is 0 Å². The molecule has 2 fully saturated rings. The summed E-state index contributed by atoms with van der Waals surface area (Å²) in [5, 5.41) is 0. The Labute approximate surface area is 165 Å². The number of hydrogen-bond acceptors (Lipinski definition) is 4. The second-order valence-electron chi connectivity index (χ2n) is 7.79. The molecule has 2 aliphatic rings. The first-order valence-electron chi connectivity index (χ1n) is 9.80. The van der Waals surface area contributed by atoms with Gasteiger partial charge in [0.2, 0.25) is 11.8 Å². The molecule has 2 amide bonds. The fourth-order valence-corrected chi connectivity index (χ4v) is 4.22. The van der Waals surface area contributed by atoms with Gasteiger partial charge >= 0.3 is 0 Å². The van der Waals surface area contributed by atoms with Crippen LogP contribution < -0.4 is 0 Å². The van der Waals surface area contributed by atoms with E-state index < -0.39 is 0 Å². The van der Waals surface area contributed by atoms with Crippen LogP contribution in [0.4, 0.5) is 0 Å². The van der Waals surface area contributed by atoms with Gasteiger partial charge in [0.1, 0.15) is 12.4 Å². The number of rotatable bonds is 4. The summed E-state index contributed by atoms with van der Waals surface area (Å²) in [6, 6.07) is 13.8. The normalized spacial score (nSPS) is 20.4. The molecule has 6 heteroatoms. The molecular weight excluding hydrogens is 356 g/mol. The second-order valence-corrected chi connectivity index (χ2v) is 7.79. The molecule has 0 bridgehead atoms. The van der Waals surface area contributed by atoms with Crippen molar-refractivity contribution in [1.29, 1.82) is 0 Å². The predicted octanol–water partition coefficient (Wildman–Crippen LogP) is 2.65. The van der Waals surface area contributed by atoms with Crippen molar-refractivity contribution in [3.63, 3.8) is 0 Å². The van der Waals surface area contributed by atoms with E-state index in [0.29, 0.717) is 26.1 Å². The highest BCUT2D eigenvalue weighted by Gasteiger charge is 2.42. The van der Waals surface area contributed by atoms with Gasteiger partial charge in [0.05, 0.1) is 17.8 Å². The van der Waals surface area contributed by atoms with Crippen LogP contribution in [-0.4, -0.2) is 60.5 Å². The Morgan fingerprint density at radius 3 is 2.54 bits per heavy atom. The number of carbonyl (C=O) groups excluding carboxylic acids is 2. The number of morpholine rings is 1. The third-order valence-electron chi connectivity index (χ3n) is 5.95. The van der Waals surface area contributed by atoms with E-state index in [4.69, 9.17) is 9.15 Å². The molecule has 2 aliphatic heterocycles. The zero-order valence-corrected chi connectivity index (χ0v) is 16.2. The van der Waals surface area contributed by atoms with Crippen molar-refractivity contribution in [2.24, 2.45) is 0 Å². The maximum atomic E-state index is 13.0. The number of likely N-dealkylation sites (tertiary alicyclic amines) is 1. The van der Waals surface area contributed by atoms with E-state index in [0.717, 1.165) is 24.2 Å². The van der Waals surface area contributed by atoms with E-state index in [-0.39, 0.29) is 29.9 Å². The number of hydrogen-bond donors (Lipinski definition) is 0. The molecule has 0 N–H and O–H groups in total. The SMILES string of the molecule is CN1CC2(CCN(C(=O)C[C@H](c3ccccc3)c3ccco3)CC2)OCC1=O. The molecule has 0 aliphatic carbocycles. The van der Waals surface area contributed by atoms with Gasteiger partial charge in [-0.1, -0.05) is 30.3 Å². The Balaban J connectivity index is 1.41. The third kappa shape index (κ3) is 3.83. The number of amides is 2. The van der Waals surface area contributed by atoms with E-state index in [1.807, 2.05) is 54.4 Å². The van der Waals surface area contributed by atoms with Crippen molar-refractivity contribution >= 4 is 11.8 Å². The van der Waals surface area contributed by atoms with Gasteiger partial charge in [-0.15, -0.1) is 0 Å². The summed E-state index contributed by atoms with van der Waals surface area (Å²) in [5.74, 6) is 0.867. The van der Waals surface area contributed by atoms with Crippen molar-refractivity contribution in [3.05, 3.63) is 60.1 Å². The average Bonchev–Trinajstić information content (AvgIpc) is 3.25. The van der Waals surface area contributed by atoms with Gasteiger partial charge < -0.3 is 19.0 Å². The summed E-state index contributed by atoms with van der Waals surface area (Å²) in [6.07, 6.45) is 3.54. The van der Waals surface area contributed by atoms with Gasteiger partial charge in [0, 0.05) is 33.1 Å². The molecule has 2 aromatic rings. The van der Waals surface area contributed by atoms with Crippen molar-refractivity contribution in [2.45, 2.75) is 30.8 Å². The molecule has 0 radical (unpaired) electrons. The van der Waals surface area contributed by atoms with Crippen LogP contribution in [0.1, 0.15) is 36.5 Å². The zero-order chi connectivity index (χ0) is 19.6. The summed E-state index contributed by atoms with van der Waals surface area (Å²) < 4.78 is 11.5. The van der Waals surface area contributed by atoms with Gasteiger partial charge in [-0.05, 0) is 30.5 Å². The Hall–Kier alpha value is -2.60. The highest BCUT2D eigenvalue weighted by Crippen LogP contribution is 2.33. The lowest BCUT2D eigenvalue weighted by Gasteiger charge is -2.46. The molecule has 2 saturated heterocycles. The Morgan fingerprint density at radius 2 is 1.89 bits per heavy atom. The summed E-state index contributed by atoms with van der Waals surface area (Å²) in [4.78, 5) is 28.4. The van der Waals surface area contributed by atoms with Crippen molar-refractivity contribution in [2.75, 3.05) is 33.3 Å². The molecule has 3 heterocycles. The zero-order valence-electron chi connectivity index (χ0n) is 16.2. The van der Waals surface area contributed by atoms with Crippen molar-refractivity contribution in [3.8, 4) is 0 Å². The van der Waals surface area contributed by atoms with E-state index >= 15 is 0 Å². The first-order valence-corrected chi connectivity index (χ1v) is 9.80. The van der Waals surface area contributed by atoms with E-state index in [9.17, 15) is 9.59 Å². The first kappa shape index (κ1) is 18.7. The molecule has 28 heavy (non-hydrogen) atoms. The fraction of sp³-hybridized carbons (Fsp3) is 0.455. The maximum Gasteiger partial charge on any atom is 0.248 e. The number of ether oxygens (including phenoxy) is 1. The molecule has 4 rings (SSSR count). The molecule has 0 unspecified atom stereocenters. The number of nitrogens with zero attached hydrogens (tertiary/aromatic N) is 2. The lowest BCUT2D eigenvalue weighted by Crippen LogP contribution is -2.58. The minimum atomic E-state index is -0.306. The number of piperidine rings is 1. The van der Waals surface area contributed by atoms with Crippen molar-refractivity contribution in [1.82, 2.24) is 9.80 Å². The van der Waals surface area contributed by atoms with Crippen LogP contribution in [-0.2, 0) is 14.3 Å². The second kappa shape index (κ2) is 7.80. The van der Waals surface area contributed by atoms with Gasteiger partial charge in [-0.2, -0.15) is 0 Å². The van der Waals surface area contributed by atoms with Crippen LogP contribution in [0.3, 0.4) is 0 Å². The molecule has 1 atom stereocenters. The molecule has 6 nitrogen and oxygen atoms in total. The molecular formula is C22H26N2O4. The maximum absolute atomic E-state index is 13.0. The summed E-state index contributed by atoms with van der Waals surface area (Å²) in [5.41, 5.74) is 0.772. The van der Waals surface area contributed by atoms with Crippen LogP contribution in [0.25, 0.3) is 0 Å².